The van der Waals surface area contributed by atoms with Gasteiger partial charge in [-0.3, -0.25) is 0 Å². The second kappa shape index (κ2) is 4.94. The van der Waals surface area contributed by atoms with Crippen LogP contribution < -0.4 is 5.32 Å². The second-order valence-electron chi connectivity index (χ2n) is 4.09. The standard InChI is InChI=1S/C10H13N3O2S/c1-10(2,3)15-9(14)12-5-8-13-7(4-11)6-16-8/h6H,5H2,1-3H3,(H,12,14). The van der Waals surface area contributed by atoms with Crippen LogP contribution in [0.4, 0.5) is 4.79 Å². The van der Waals surface area contributed by atoms with Gasteiger partial charge in [-0.05, 0) is 20.8 Å². The lowest BCUT2D eigenvalue weighted by Crippen LogP contribution is -2.32. The van der Waals surface area contributed by atoms with Crippen molar-refractivity contribution in [2.75, 3.05) is 0 Å². The summed E-state index contributed by atoms with van der Waals surface area (Å²) in [4.78, 5) is 15.3. The number of hydrogen-bond acceptors (Lipinski definition) is 5. The molecule has 0 saturated heterocycles. The van der Waals surface area contributed by atoms with Gasteiger partial charge >= 0.3 is 6.09 Å². The van der Waals surface area contributed by atoms with Crippen LogP contribution in [-0.2, 0) is 11.3 Å². The Bertz CT molecular complexity index is 414. The normalized spacial score (nSPS) is 10.6. The molecule has 1 rings (SSSR count). The van der Waals surface area contributed by atoms with Crippen molar-refractivity contribution in [3.05, 3.63) is 16.1 Å². The molecule has 0 aliphatic carbocycles. The molecule has 0 saturated carbocycles. The Hall–Kier alpha value is -1.61. The third-order valence-electron chi connectivity index (χ3n) is 1.45. The van der Waals surface area contributed by atoms with E-state index in [1.165, 1.54) is 11.3 Å². The Morgan fingerprint density at radius 3 is 2.88 bits per heavy atom. The summed E-state index contributed by atoms with van der Waals surface area (Å²) >= 11 is 1.33. The molecule has 0 aromatic carbocycles. The van der Waals surface area contributed by atoms with Crippen LogP contribution in [0.25, 0.3) is 0 Å². The average Bonchev–Trinajstić information content (AvgIpc) is 2.59. The molecular weight excluding hydrogens is 226 g/mol. The fourth-order valence-electron chi connectivity index (χ4n) is 0.905. The molecule has 0 radical (unpaired) electrons. The summed E-state index contributed by atoms with van der Waals surface area (Å²) in [5.41, 5.74) is -0.142. The van der Waals surface area contributed by atoms with E-state index in [9.17, 15) is 4.79 Å². The molecule has 86 valence electrons. The largest absolute Gasteiger partial charge is 0.444 e. The highest BCUT2D eigenvalue weighted by Gasteiger charge is 2.15. The van der Waals surface area contributed by atoms with Gasteiger partial charge in [-0.25, -0.2) is 9.78 Å². The Labute approximate surface area is 98.1 Å². The van der Waals surface area contributed by atoms with Crippen LogP contribution >= 0.6 is 11.3 Å². The van der Waals surface area contributed by atoms with Crippen molar-refractivity contribution < 1.29 is 9.53 Å². The number of hydrogen-bond donors (Lipinski definition) is 1. The number of aromatic nitrogens is 1. The van der Waals surface area contributed by atoms with Crippen LogP contribution in [0.3, 0.4) is 0 Å². The van der Waals surface area contributed by atoms with E-state index in [0.29, 0.717) is 10.7 Å². The lowest BCUT2D eigenvalue weighted by atomic mass is 10.2. The fourth-order valence-corrected chi connectivity index (χ4v) is 1.57. The highest BCUT2D eigenvalue weighted by molar-refractivity contribution is 7.09. The van der Waals surface area contributed by atoms with Crippen LogP contribution in [0.15, 0.2) is 5.38 Å². The van der Waals surface area contributed by atoms with Crippen LogP contribution in [0, 0.1) is 11.3 Å². The van der Waals surface area contributed by atoms with Crippen molar-refractivity contribution in [2.24, 2.45) is 0 Å². The van der Waals surface area contributed by atoms with E-state index in [2.05, 4.69) is 10.3 Å². The number of nitriles is 1. The first-order chi connectivity index (χ1) is 7.40. The molecule has 0 spiro atoms. The maximum absolute atomic E-state index is 11.3. The van der Waals surface area contributed by atoms with Gasteiger partial charge in [0.2, 0.25) is 0 Å². The van der Waals surface area contributed by atoms with Crippen LogP contribution in [0.2, 0.25) is 0 Å². The number of nitrogens with one attached hydrogen (secondary N) is 1. The molecule has 0 unspecified atom stereocenters. The van der Waals surface area contributed by atoms with E-state index in [-0.39, 0.29) is 6.54 Å². The zero-order valence-corrected chi connectivity index (χ0v) is 10.2. The molecule has 6 heteroatoms. The van der Waals surface area contributed by atoms with E-state index in [1.807, 2.05) is 6.07 Å². The molecule has 0 atom stereocenters. The first-order valence-corrected chi connectivity index (χ1v) is 5.60. The molecule has 0 fully saturated rings. The first-order valence-electron chi connectivity index (χ1n) is 4.72. The van der Waals surface area contributed by atoms with Crippen LogP contribution in [0.5, 0.6) is 0 Å². The summed E-state index contributed by atoms with van der Waals surface area (Å²) in [6, 6.07) is 1.93. The quantitative estimate of drug-likeness (QED) is 0.856. The van der Waals surface area contributed by atoms with Crippen molar-refractivity contribution >= 4 is 17.4 Å². The predicted octanol–water partition coefficient (Wildman–Crippen LogP) is 2.04. The number of nitrogens with zero attached hydrogens (tertiary/aromatic N) is 2. The van der Waals surface area contributed by atoms with Crippen LogP contribution in [-0.4, -0.2) is 16.7 Å². The van der Waals surface area contributed by atoms with E-state index in [4.69, 9.17) is 10.00 Å². The first kappa shape index (κ1) is 12.5. The SMILES string of the molecule is CC(C)(C)OC(=O)NCc1nc(C#N)cs1. The lowest BCUT2D eigenvalue weighted by Gasteiger charge is -2.19. The van der Waals surface area contributed by atoms with Gasteiger partial charge in [0.1, 0.15) is 16.7 Å². The zero-order chi connectivity index (χ0) is 12.2. The average molecular weight is 239 g/mol. The molecule has 1 aromatic rings. The molecule has 1 N–H and O–H groups in total. The van der Waals surface area contributed by atoms with Crippen molar-refractivity contribution in [1.29, 1.82) is 5.26 Å². The molecule has 5 nitrogen and oxygen atoms in total. The number of thiazole rings is 1. The number of alkyl carbamates (subject to hydrolysis) is 1. The highest BCUT2D eigenvalue weighted by atomic mass is 32.1. The monoisotopic (exact) mass is 239 g/mol. The molecular formula is C10H13N3O2S. The Morgan fingerprint density at radius 2 is 2.38 bits per heavy atom. The molecule has 1 amide bonds. The topological polar surface area (TPSA) is 75.0 Å². The summed E-state index contributed by atoms with van der Waals surface area (Å²) in [7, 11) is 0. The van der Waals surface area contributed by atoms with Gasteiger partial charge in [-0.2, -0.15) is 5.26 Å². The third-order valence-corrected chi connectivity index (χ3v) is 2.30. The van der Waals surface area contributed by atoms with E-state index in [1.54, 1.807) is 26.2 Å². The van der Waals surface area contributed by atoms with Gasteiger partial charge in [0, 0.05) is 5.38 Å². The van der Waals surface area contributed by atoms with Gasteiger partial charge in [-0.1, -0.05) is 0 Å². The van der Waals surface area contributed by atoms with Crippen molar-refractivity contribution in [1.82, 2.24) is 10.3 Å². The van der Waals surface area contributed by atoms with E-state index < -0.39 is 11.7 Å². The molecule has 0 aliphatic rings. The lowest BCUT2D eigenvalue weighted by molar-refractivity contribution is 0.0523. The second-order valence-corrected chi connectivity index (χ2v) is 5.04. The number of amides is 1. The number of rotatable bonds is 2. The summed E-state index contributed by atoms with van der Waals surface area (Å²) in [6.45, 7) is 5.67. The van der Waals surface area contributed by atoms with Gasteiger partial charge in [0.15, 0.2) is 5.69 Å². The summed E-state index contributed by atoms with van der Waals surface area (Å²) < 4.78 is 5.05. The van der Waals surface area contributed by atoms with E-state index >= 15 is 0 Å². The van der Waals surface area contributed by atoms with E-state index in [0.717, 1.165) is 0 Å². The molecule has 1 aromatic heterocycles. The minimum atomic E-state index is -0.509. The molecule has 1 heterocycles. The molecule has 0 bridgehead atoms. The summed E-state index contributed by atoms with van der Waals surface area (Å²) in [6.07, 6.45) is -0.485. The van der Waals surface area contributed by atoms with Gasteiger partial charge in [0.25, 0.3) is 0 Å². The third kappa shape index (κ3) is 4.28. The number of carbonyl (C=O) groups excluding carboxylic acids is 1. The smallest absolute Gasteiger partial charge is 0.408 e. The van der Waals surface area contributed by atoms with Crippen molar-refractivity contribution in [3.63, 3.8) is 0 Å². The van der Waals surface area contributed by atoms with Crippen LogP contribution in [0.1, 0.15) is 31.5 Å². The number of ether oxygens (including phenoxy) is 1. The highest BCUT2D eigenvalue weighted by Crippen LogP contribution is 2.09. The predicted molar refractivity (Wildman–Crippen MR) is 59.9 cm³/mol. The summed E-state index contributed by atoms with van der Waals surface area (Å²) in [5.74, 6) is 0. The number of carbonyl (C=O) groups is 1. The fraction of sp³-hybridized carbons (Fsp3) is 0.500. The maximum Gasteiger partial charge on any atom is 0.408 e. The van der Waals surface area contributed by atoms with Gasteiger partial charge in [0.05, 0.1) is 6.54 Å². The van der Waals surface area contributed by atoms with Gasteiger partial charge in [-0.15, -0.1) is 11.3 Å². The summed E-state index contributed by atoms with van der Waals surface area (Å²) in [5, 5.41) is 13.5. The minimum absolute atomic E-state index is 0.279. The Morgan fingerprint density at radius 1 is 1.69 bits per heavy atom. The minimum Gasteiger partial charge on any atom is -0.444 e. The molecule has 0 aliphatic heterocycles. The zero-order valence-electron chi connectivity index (χ0n) is 9.40. The molecule has 16 heavy (non-hydrogen) atoms. The Kier molecular flexibility index (Phi) is 3.85. The Balaban J connectivity index is 2.41. The maximum atomic E-state index is 11.3. The van der Waals surface area contributed by atoms with Crippen molar-refractivity contribution in [3.8, 4) is 6.07 Å². The van der Waals surface area contributed by atoms with Gasteiger partial charge < -0.3 is 10.1 Å². The van der Waals surface area contributed by atoms with Crippen molar-refractivity contribution in [2.45, 2.75) is 32.9 Å².